The number of nitrogens with zero attached hydrogens (tertiary/aromatic N) is 2. The number of carbonyl (C=O) groups excluding carboxylic acids is 1. The summed E-state index contributed by atoms with van der Waals surface area (Å²) in [6.45, 7) is 8.55. The molecule has 5 nitrogen and oxygen atoms in total. The van der Waals surface area contributed by atoms with Gasteiger partial charge in [-0.05, 0) is 43.7 Å². The maximum Gasteiger partial charge on any atom is 0.262 e. The van der Waals surface area contributed by atoms with Gasteiger partial charge in [0.2, 0.25) is 5.91 Å². The van der Waals surface area contributed by atoms with E-state index in [4.69, 9.17) is 4.98 Å². The molecule has 1 aliphatic carbocycles. The zero-order valence-corrected chi connectivity index (χ0v) is 18.1. The van der Waals surface area contributed by atoms with Crippen molar-refractivity contribution in [3.05, 3.63) is 34.6 Å². The Labute approximate surface area is 171 Å². The lowest BCUT2D eigenvalue weighted by Gasteiger charge is -2.36. The second-order valence-corrected chi connectivity index (χ2v) is 9.03. The van der Waals surface area contributed by atoms with Gasteiger partial charge in [-0.3, -0.25) is 14.2 Å². The van der Waals surface area contributed by atoms with E-state index in [0.29, 0.717) is 27.9 Å². The van der Waals surface area contributed by atoms with Crippen LogP contribution in [0.5, 0.6) is 0 Å². The average Bonchev–Trinajstić information content (AvgIpc) is 2.69. The molecule has 0 radical (unpaired) electrons. The molecule has 1 aliphatic rings. The lowest BCUT2D eigenvalue weighted by Crippen LogP contribution is -2.36. The molecule has 0 bridgehead atoms. The Kier molecular flexibility index (Phi) is 6.81. The van der Waals surface area contributed by atoms with Crippen molar-refractivity contribution in [2.75, 3.05) is 5.75 Å². The van der Waals surface area contributed by atoms with Gasteiger partial charge in [0.1, 0.15) is 0 Å². The van der Waals surface area contributed by atoms with Gasteiger partial charge in [0.25, 0.3) is 5.56 Å². The zero-order chi connectivity index (χ0) is 20.3. The standard InChI is InChI=1S/C22H31N3O2S/c1-5-15(3)23-20(26)13-28-22-24-18-11-7-6-10-17(18)21(27)25(22)19-12-8-9-14(2)16(19)4/h6-7,10-11,14-16,19H,5,8-9,12-13H2,1-4H3,(H,23,26)/t14-,15+,16-,19-/m0/s1. The van der Waals surface area contributed by atoms with Gasteiger partial charge >= 0.3 is 0 Å². The largest absolute Gasteiger partial charge is 0.353 e. The van der Waals surface area contributed by atoms with E-state index in [0.717, 1.165) is 19.3 Å². The minimum absolute atomic E-state index is 0.0152. The smallest absolute Gasteiger partial charge is 0.262 e. The van der Waals surface area contributed by atoms with Gasteiger partial charge in [-0.1, -0.05) is 57.5 Å². The topological polar surface area (TPSA) is 64.0 Å². The van der Waals surface area contributed by atoms with E-state index >= 15 is 0 Å². The first-order valence-corrected chi connectivity index (χ1v) is 11.3. The Bertz CT molecular complexity index is 895. The summed E-state index contributed by atoms with van der Waals surface area (Å²) >= 11 is 1.37. The number of benzene rings is 1. The van der Waals surface area contributed by atoms with Crippen molar-refractivity contribution < 1.29 is 4.79 Å². The zero-order valence-electron chi connectivity index (χ0n) is 17.3. The Morgan fingerprint density at radius 3 is 2.82 bits per heavy atom. The molecular formula is C22H31N3O2S. The van der Waals surface area contributed by atoms with Crippen molar-refractivity contribution in [3.63, 3.8) is 0 Å². The Morgan fingerprint density at radius 2 is 2.07 bits per heavy atom. The molecular weight excluding hydrogens is 370 g/mol. The highest BCUT2D eigenvalue weighted by Gasteiger charge is 2.31. The van der Waals surface area contributed by atoms with Gasteiger partial charge in [0.15, 0.2) is 5.16 Å². The van der Waals surface area contributed by atoms with E-state index in [1.165, 1.54) is 18.2 Å². The summed E-state index contributed by atoms with van der Waals surface area (Å²) < 4.78 is 1.88. The third-order valence-corrected chi connectivity index (χ3v) is 7.08. The van der Waals surface area contributed by atoms with Crippen LogP contribution in [0.3, 0.4) is 0 Å². The summed E-state index contributed by atoms with van der Waals surface area (Å²) in [6, 6.07) is 7.79. The first kappa shape index (κ1) is 20.9. The third kappa shape index (κ3) is 4.43. The second-order valence-electron chi connectivity index (χ2n) is 8.09. The highest BCUT2D eigenvalue weighted by molar-refractivity contribution is 7.99. The first-order valence-electron chi connectivity index (χ1n) is 10.4. The molecule has 1 aromatic carbocycles. The highest BCUT2D eigenvalue weighted by Crippen LogP contribution is 2.38. The number of carbonyl (C=O) groups is 1. The average molecular weight is 402 g/mol. The number of hydrogen-bond acceptors (Lipinski definition) is 4. The molecule has 1 N–H and O–H groups in total. The van der Waals surface area contributed by atoms with Crippen LogP contribution in [-0.4, -0.2) is 27.3 Å². The molecule has 3 rings (SSSR count). The number of aromatic nitrogens is 2. The monoisotopic (exact) mass is 401 g/mol. The maximum atomic E-state index is 13.4. The van der Waals surface area contributed by atoms with E-state index in [1.54, 1.807) is 0 Å². The van der Waals surface area contributed by atoms with Crippen LogP contribution in [0.25, 0.3) is 10.9 Å². The van der Waals surface area contributed by atoms with E-state index < -0.39 is 0 Å². The van der Waals surface area contributed by atoms with Crippen molar-refractivity contribution in [2.24, 2.45) is 11.8 Å². The predicted molar refractivity (Wildman–Crippen MR) is 116 cm³/mol. The molecule has 1 amide bonds. The van der Waals surface area contributed by atoms with Crippen molar-refractivity contribution >= 4 is 28.6 Å². The Hall–Kier alpha value is -1.82. The summed E-state index contributed by atoms with van der Waals surface area (Å²) in [7, 11) is 0. The fraction of sp³-hybridized carbons (Fsp3) is 0.591. The summed E-state index contributed by atoms with van der Waals surface area (Å²) in [5.41, 5.74) is 0.714. The summed E-state index contributed by atoms with van der Waals surface area (Å²) in [4.78, 5) is 30.5. The van der Waals surface area contributed by atoms with E-state index in [9.17, 15) is 9.59 Å². The van der Waals surface area contributed by atoms with Crippen LogP contribution in [0, 0.1) is 11.8 Å². The van der Waals surface area contributed by atoms with Crippen molar-refractivity contribution in [3.8, 4) is 0 Å². The van der Waals surface area contributed by atoms with Crippen LogP contribution in [0.15, 0.2) is 34.2 Å². The number of rotatable bonds is 6. The Balaban J connectivity index is 1.97. The molecule has 0 spiro atoms. The van der Waals surface area contributed by atoms with Gasteiger partial charge < -0.3 is 5.32 Å². The van der Waals surface area contributed by atoms with Gasteiger partial charge in [0, 0.05) is 12.1 Å². The fourth-order valence-corrected chi connectivity index (χ4v) is 4.85. The molecule has 1 fully saturated rings. The molecule has 4 atom stereocenters. The lowest BCUT2D eigenvalue weighted by atomic mass is 9.78. The van der Waals surface area contributed by atoms with Crippen molar-refractivity contribution in [1.82, 2.24) is 14.9 Å². The SMILES string of the molecule is CC[C@@H](C)NC(=O)CSc1nc2ccccc2c(=O)n1[C@H]1CCC[C@H](C)[C@@H]1C. The second kappa shape index (κ2) is 9.12. The van der Waals surface area contributed by atoms with Crippen LogP contribution in [-0.2, 0) is 4.79 Å². The number of amides is 1. The van der Waals surface area contributed by atoms with Crippen LogP contribution < -0.4 is 10.9 Å². The minimum Gasteiger partial charge on any atom is -0.353 e. The van der Waals surface area contributed by atoms with Crippen molar-refractivity contribution in [1.29, 1.82) is 0 Å². The minimum atomic E-state index is -0.0154. The molecule has 2 aromatic rings. The molecule has 0 unspecified atom stereocenters. The van der Waals surface area contributed by atoms with E-state index in [2.05, 4.69) is 19.2 Å². The van der Waals surface area contributed by atoms with E-state index in [-0.39, 0.29) is 29.3 Å². The van der Waals surface area contributed by atoms with Crippen molar-refractivity contribution in [2.45, 2.75) is 70.6 Å². The van der Waals surface area contributed by atoms with Crippen LogP contribution >= 0.6 is 11.8 Å². The maximum absolute atomic E-state index is 13.4. The Morgan fingerprint density at radius 1 is 1.32 bits per heavy atom. The van der Waals surface area contributed by atoms with Gasteiger partial charge in [-0.25, -0.2) is 4.98 Å². The highest BCUT2D eigenvalue weighted by atomic mass is 32.2. The number of fused-ring (bicyclic) bond motifs is 1. The lowest BCUT2D eigenvalue weighted by molar-refractivity contribution is -0.119. The quantitative estimate of drug-likeness (QED) is 0.576. The van der Waals surface area contributed by atoms with Crippen LogP contribution in [0.1, 0.15) is 59.4 Å². The first-order chi connectivity index (χ1) is 13.4. The third-order valence-electron chi connectivity index (χ3n) is 6.12. The molecule has 152 valence electrons. The number of para-hydroxylation sites is 1. The summed E-state index contributed by atoms with van der Waals surface area (Å²) in [5.74, 6) is 1.23. The molecule has 1 aromatic heterocycles. The molecule has 28 heavy (non-hydrogen) atoms. The normalized spacial score (nSPS) is 23.5. The molecule has 0 saturated heterocycles. The molecule has 6 heteroatoms. The van der Waals surface area contributed by atoms with E-state index in [1.807, 2.05) is 42.7 Å². The molecule has 0 aliphatic heterocycles. The summed E-state index contributed by atoms with van der Waals surface area (Å²) in [6.07, 6.45) is 4.20. The fourth-order valence-electron chi connectivity index (χ4n) is 3.99. The van der Waals surface area contributed by atoms with Crippen LogP contribution in [0.4, 0.5) is 0 Å². The summed E-state index contributed by atoms with van der Waals surface area (Å²) in [5, 5.41) is 4.31. The molecule has 1 saturated carbocycles. The van der Waals surface area contributed by atoms with Gasteiger partial charge in [-0.2, -0.15) is 0 Å². The van der Waals surface area contributed by atoms with Gasteiger partial charge in [0.05, 0.1) is 16.7 Å². The molecule has 1 heterocycles. The number of thioether (sulfide) groups is 1. The number of hydrogen-bond donors (Lipinski definition) is 1. The number of nitrogens with one attached hydrogen (secondary N) is 1. The van der Waals surface area contributed by atoms with Gasteiger partial charge in [-0.15, -0.1) is 0 Å². The predicted octanol–water partition coefficient (Wildman–Crippen LogP) is 4.40. The van der Waals surface area contributed by atoms with Crippen LogP contribution in [0.2, 0.25) is 0 Å².